The van der Waals surface area contributed by atoms with Gasteiger partial charge in [-0.2, -0.15) is 0 Å². The van der Waals surface area contributed by atoms with Crippen molar-refractivity contribution >= 4 is 10.9 Å². The van der Waals surface area contributed by atoms with Crippen LogP contribution >= 0.6 is 0 Å². The van der Waals surface area contributed by atoms with E-state index in [0.29, 0.717) is 5.92 Å². The van der Waals surface area contributed by atoms with Crippen molar-refractivity contribution in [1.29, 1.82) is 0 Å². The lowest BCUT2D eigenvalue weighted by molar-refractivity contribution is 0.278. The van der Waals surface area contributed by atoms with Gasteiger partial charge in [0.1, 0.15) is 11.5 Å². The van der Waals surface area contributed by atoms with Crippen LogP contribution in [0.25, 0.3) is 10.9 Å². The van der Waals surface area contributed by atoms with E-state index in [0.717, 1.165) is 37.6 Å². The van der Waals surface area contributed by atoms with E-state index in [-0.39, 0.29) is 0 Å². The third-order valence-corrected chi connectivity index (χ3v) is 5.85. The van der Waals surface area contributed by atoms with E-state index in [1.807, 2.05) is 12.1 Å². The number of unbranched alkanes of at least 4 members (excludes halogenated alkanes) is 1. The third kappa shape index (κ3) is 4.65. The van der Waals surface area contributed by atoms with Gasteiger partial charge in [-0.1, -0.05) is 24.3 Å². The van der Waals surface area contributed by atoms with E-state index in [1.54, 1.807) is 14.2 Å². The minimum atomic E-state index is 0.444. The predicted octanol–water partition coefficient (Wildman–Crippen LogP) is 5.16. The molecule has 0 aliphatic carbocycles. The SMILES string of the molecule is COc1cccc(C2C=CCN(CCCCc3c[nH]c4ccc(OC)cc34)C2)c1. The molecule has 29 heavy (non-hydrogen) atoms. The van der Waals surface area contributed by atoms with Crippen LogP contribution in [0.1, 0.15) is 29.9 Å². The number of fused-ring (bicyclic) bond motifs is 1. The maximum atomic E-state index is 5.38. The van der Waals surface area contributed by atoms with Crippen LogP contribution in [-0.2, 0) is 6.42 Å². The lowest BCUT2D eigenvalue weighted by Crippen LogP contribution is -2.32. The smallest absolute Gasteiger partial charge is 0.119 e. The summed E-state index contributed by atoms with van der Waals surface area (Å²) < 4.78 is 10.8. The first kappa shape index (κ1) is 19.6. The zero-order valence-corrected chi connectivity index (χ0v) is 17.4. The van der Waals surface area contributed by atoms with Crippen molar-refractivity contribution in [1.82, 2.24) is 9.88 Å². The van der Waals surface area contributed by atoms with Gasteiger partial charge < -0.3 is 14.5 Å². The van der Waals surface area contributed by atoms with E-state index in [1.165, 1.54) is 34.9 Å². The Hall–Kier alpha value is -2.72. The zero-order valence-electron chi connectivity index (χ0n) is 17.4. The molecule has 0 fully saturated rings. The Morgan fingerprint density at radius 2 is 1.90 bits per heavy atom. The van der Waals surface area contributed by atoms with Crippen molar-refractivity contribution in [2.75, 3.05) is 33.9 Å². The van der Waals surface area contributed by atoms with E-state index in [9.17, 15) is 0 Å². The molecule has 2 aromatic carbocycles. The zero-order chi connectivity index (χ0) is 20.1. The number of benzene rings is 2. The van der Waals surface area contributed by atoms with Gasteiger partial charge in [-0.25, -0.2) is 0 Å². The second-order valence-corrected chi connectivity index (χ2v) is 7.75. The first-order valence-corrected chi connectivity index (χ1v) is 10.4. The number of methoxy groups -OCH3 is 2. The van der Waals surface area contributed by atoms with Gasteiger partial charge in [0.05, 0.1) is 14.2 Å². The lowest BCUT2D eigenvalue weighted by atomic mass is 9.95. The van der Waals surface area contributed by atoms with Crippen LogP contribution in [0.15, 0.2) is 60.8 Å². The van der Waals surface area contributed by atoms with Gasteiger partial charge in [0.2, 0.25) is 0 Å². The van der Waals surface area contributed by atoms with E-state index >= 15 is 0 Å². The number of aryl methyl sites for hydroxylation is 1. The molecule has 1 atom stereocenters. The monoisotopic (exact) mass is 390 g/mol. The fourth-order valence-electron chi connectivity index (χ4n) is 4.20. The highest BCUT2D eigenvalue weighted by molar-refractivity contribution is 5.84. The maximum Gasteiger partial charge on any atom is 0.119 e. The number of hydrogen-bond donors (Lipinski definition) is 1. The summed E-state index contributed by atoms with van der Waals surface area (Å²) in [7, 11) is 3.45. The summed E-state index contributed by atoms with van der Waals surface area (Å²) in [5, 5.41) is 1.28. The molecule has 1 aliphatic heterocycles. The summed E-state index contributed by atoms with van der Waals surface area (Å²) in [4.78, 5) is 5.94. The number of nitrogens with zero attached hydrogens (tertiary/aromatic N) is 1. The fraction of sp³-hybridized carbons (Fsp3) is 0.360. The van der Waals surface area contributed by atoms with Crippen LogP contribution in [0.2, 0.25) is 0 Å². The molecular formula is C25H30N2O2. The maximum absolute atomic E-state index is 5.38. The second-order valence-electron chi connectivity index (χ2n) is 7.75. The molecule has 0 radical (unpaired) electrons. The summed E-state index contributed by atoms with van der Waals surface area (Å²) >= 11 is 0. The van der Waals surface area contributed by atoms with Gasteiger partial charge in [0.15, 0.2) is 0 Å². The third-order valence-electron chi connectivity index (χ3n) is 5.85. The molecule has 4 heteroatoms. The molecule has 4 rings (SSSR count). The number of aromatic nitrogens is 1. The molecule has 3 aromatic rings. The van der Waals surface area contributed by atoms with Crippen molar-refractivity contribution < 1.29 is 9.47 Å². The van der Waals surface area contributed by atoms with Crippen molar-refractivity contribution in [2.45, 2.75) is 25.2 Å². The number of H-pyrrole nitrogens is 1. The minimum absolute atomic E-state index is 0.444. The normalized spacial score (nSPS) is 17.0. The first-order valence-electron chi connectivity index (χ1n) is 10.4. The van der Waals surface area contributed by atoms with Crippen molar-refractivity contribution in [2.24, 2.45) is 0 Å². The quantitative estimate of drug-likeness (QED) is 0.426. The van der Waals surface area contributed by atoms with E-state index in [2.05, 4.69) is 58.6 Å². The average Bonchev–Trinajstić information content (AvgIpc) is 3.19. The Morgan fingerprint density at radius 1 is 1.03 bits per heavy atom. The van der Waals surface area contributed by atoms with Crippen LogP contribution in [0.3, 0.4) is 0 Å². The van der Waals surface area contributed by atoms with Crippen molar-refractivity contribution in [3.8, 4) is 11.5 Å². The summed E-state index contributed by atoms with van der Waals surface area (Å²) in [6.07, 6.45) is 10.3. The number of ether oxygens (including phenoxy) is 2. The molecule has 4 nitrogen and oxygen atoms in total. The largest absolute Gasteiger partial charge is 0.497 e. The van der Waals surface area contributed by atoms with Gasteiger partial charge >= 0.3 is 0 Å². The Morgan fingerprint density at radius 3 is 2.76 bits per heavy atom. The van der Waals surface area contributed by atoms with Crippen LogP contribution in [0.4, 0.5) is 0 Å². The molecule has 1 aromatic heterocycles. The topological polar surface area (TPSA) is 37.5 Å². The van der Waals surface area contributed by atoms with Gasteiger partial charge in [0, 0.05) is 36.1 Å². The highest BCUT2D eigenvalue weighted by Gasteiger charge is 2.17. The Kier molecular flexibility index (Phi) is 6.20. The Labute approximate surface area is 173 Å². The van der Waals surface area contributed by atoms with E-state index in [4.69, 9.17) is 9.47 Å². The molecule has 1 N–H and O–H groups in total. The fourth-order valence-corrected chi connectivity index (χ4v) is 4.20. The molecule has 0 bridgehead atoms. The Bertz CT molecular complexity index is 976. The van der Waals surface area contributed by atoms with Crippen LogP contribution in [0.5, 0.6) is 11.5 Å². The molecule has 1 unspecified atom stereocenters. The standard InChI is InChI=1S/C25H30N2O2/c1-28-22-10-5-8-19(15-22)21-9-6-14-27(18-21)13-4-3-7-20-17-26-25-12-11-23(29-2)16-24(20)25/h5-6,8-12,15-17,21,26H,3-4,7,13-14,18H2,1-2H3. The second kappa shape index (κ2) is 9.19. The first-order chi connectivity index (χ1) is 14.3. The van der Waals surface area contributed by atoms with Crippen molar-refractivity contribution in [3.05, 3.63) is 71.9 Å². The molecule has 2 heterocycles. The molecule has 1 aliphatic rings. The average molecular weight is 391 g/mol. The van der Waals surface area contributed by atoms with Gasteiger partial charge in [-0.15, -0.1) is 0 Å². The summed E-state index contributed by atoms with van der Waals surface area (Å²) in [6.45, 7) is 3.26. The summed E-state index contributed by atoms with van der Waals surface area (Å²) in [5.41, 5.74) is 3.90. The highest BCUT2D eigenvalue weighted by Crippen LogP contribution is 2.27. The molecular weight excluding hydrogens is 360 g/mol. The molecule has 0 saturated heterocycles. The number of aromatic amines is 1. The van der Waals surface area contributed by atoms with Crippen LogP contribution < -0.4 is 9.47 Å². The van der Waals surface area contributed by atoms with Crippen LogP contribution in [0, 0.1) is 0 Å². The summed E-state index contributed by atoms with van der Waals surface area (Å²) in [5.74, 6) is 2.30. The summed E-state index contributed by atoms with van der Waals surface area (Å²) in [6, 6.07) is 14.7. The van der Waals surface area contributed by atoms with Gasteiger partial charge in [-0.05, 0) is 67.3 Å². The Balaban J connectivity index is 1.29. The molecule has 0 spiro atoms. The molecule has 152 valence electrons. The molecule has 0 amide bonds. The van der Waals surface area contributed by atoms with Crippen LogP contribution in [-0.4, -0.2) is 43.7 Å². The number of nitrogens with one attached hydrogen (secondary N) is 1. The van der Waals surface area contributed by atoms with Crippen molar-refractivity contribution in [3.63, 3.8) is 0 Å². The lowest BCUT2D eigenvalue weighted by Gasteiger charge is -2.29. The number of rotatable bonds is 8. The predicted molar refractivity (Wildman–Crippen MR) is 119 cm³/mol. The molecule has 0 saturated carbocycles. The number of hydrogen-bond acceptors (Lipinski definition) is 3. The highest BCUT2D eigenvalue weighted by atomic mass is 16.5. The van der Waals surface area contributed by atoms with E-state index < -0.39 is 0 Å². The minimum Gasteiger partial charge on any atom is -0.497 e. The van der Waals surface area contributed by atoms with Gasteiger partial charge in [-0.3, -0.25) is 4.90 Å². The van der Waals surface area contributed by atoms with Gasteiger partial charge in [0.25, 0.3) is 0 Å².